The average Bonchev–Trinajstić information content (AvgIpc) is 2.91. The molecule has 0 radical (unpaired) electrons. The lowest BCUT2D eigenvalue weighted by Gasteiger charge is -2.35. The van der Waals surface area contributed by atoms with Gasteiger partial charge in [-0.05, 0) is 56.0 Å². The first-order valence-electron chi connectivity index (χ1n) is 13.4. The summed E-state index contributed by atoms with van der Waals surface area (Å²) >= 11 is 13.0. The molecule has 10 heteroatoms. The van der Waals surface area contributed by atoms with Crippen LogP contribution in [0.5, 0.6) is 0 Å². The number of benzene rings is 3. The predicted octanol–water partition coefficient (Wildman–Crippen LogP) is 5.93. The van der Waals surface area contributed by atoms with Crippen LogP contribution in [-0.4, -0.2) is 50.0 Å². The Morgan fingerprint density at radius 1 is 0.902 bits per heavy atom. The number of para-hydroxylation sites is 1. The van der Waals surface area contributed by atoms with E-state index < -0.39 is 28.5 Å². The molecule has 3 aromatic rings. The highest BCUT2D eigenvalue weighted by Gasteiger charge is 2.34. The van der Waals surface area contributed by atoms with Crippen molar-refractivity contribution in [3.63, 3.8) is 0 Å². The monoisotopic (exact) mass is 617 g/mol. The third-order valence-electron chi connectivity index (χ3n) is 7.03. The Morgan fingerprint density at radius 3 is 2.00 bits per heavy atom. The van der Waals surface area contributed by atoms with E-state index in [1.807, 2.05) is 50.2 Å². The van der Waals surface area contributed by atoms with E-state index in [1.165, 1.54) is 4.90 Å². The van der Waals surface area contributed by atoms with Gasteiger partial charge in [0.25, 0.3) is 0 Å². The second kappa shape index (κ2) is 14.2. The van der Waals surface area contributed by atoms with Crippen LogP contribution < -0.4 is 9.62 Å². The summed E-state index contributed by atoms with van der Waals surface area (Å²) in [6.45, 7) is 6.84. The zero-order valence-electron chi connectivity index (χ0n) is 24.0. The van der Waals surface area contributed by atoms with Crippen molar-refractivity contribution in [2.75, 3.05) is 17.1 Å². The number of amides is 2. The van der Waals surface area contributed by atoms with Crippen molar-refractivity contribution in [1.82, 2.24) is 10.2 Å². The number of carbonyl (C=O) groups is 2. The first-order chi connectivity index (χ1) is 19.3. The third kappa shape index (κ3) is 8.47. The average molecular weight is 619 g/mol. The van der Waals surface area contributed by atoms with Crippen LogP contribution in [0.4, 0.5) is 5.69 Å². The van der Waals surface area contributed by atoms with E-state index in [1.54, 1.807) is 44.2 Å². The molecule has 0 aliphatic rings. The Bertz CT molecular complexity index is 1440. The van der Waals surface area contributed by atoms with Gasteiger partial charge in [-0.3, -0.25) is 13.9 Å². The summed E-state index contributed by atoms with van der Waals surface area (Å²) in [5, 5.41) is 3.68. The molecule has 3 aromatic carbocycles. The van der Waals surface area contributed by atoms with Gasteiger partial charge in [0.2, 0.25) is 21.8 Å². The number of rotatable bonds is 12. The van der Waals surface area contributed by atoms with E-state index in [0.717, 1.165) is 16.1 Å². The third-order valence-corrected chi connectivity index (χ3v) is 8.85. The molecule has 0 spiro atoms. The highest BCUT2D eigenvalue weighted by molar-refractivity contribution is 7.92. The SMILES string of the molecule is CC[C@H](C)NC(=O)[C@@H](Cc1ccccc1)N(Cc1c(Cl)cccc1Cl)C(=O)CN(c1c(C)cccc1C)S(C)(=O)=O. The number of halogens is 2. The normalized spacial score (nSPS) is 12.9. The topological polar surface area (TPSA) is 86.8 Å². The molecule has 0 saturated heterocycles. The van der Waals surface area contributed by atoms with Crippen LogP contribution >= 0.6 is 23.2 Å². The number of carbonyl (C=O) groups excluding carboxylic acids is 2. The molecule has 0 aromatic heterocycles. The number of nitrogens with zero attached hydrogens (tertiary/aromatic N) is 2. The van der Waals surface area contributed by atoms with Gasteiger partial charge in [0.1, 0.15) is 12.6 Å². The van der Waals surface area contributed by atoms with Crippen molar-refractivity contribution in [2.24, 2.45) is 0 Å². The molecule has 2 atom stereocenters. The van der Waals surface area contributed by atoms with Crippen LogP contribution in [0.2, 0.25) is 10.0 Å². The van der Waals surface area contributed by atoms with Crippen molar-refractivity contribution in [2.45, 2.75) is 59.2 Å². The maximum absolute atomic E-state index is 14.3. The molecule has 3 rings (SSSR count). The number of anilines is 1. The molecule has 0 unspecified atom stereocenters. The van der Waals surface area contributed by atoms with Crippen LogP contribution in [-0.2, 0) is 32.6 Å². The van der Waals surface area contributed by atoms with Crippen molar-refractivity contribution < 1.29 is 18.0 Å². The van der Waals surface area contributed by atoms with E-state index in [4.69, 9.17) is 23.2 Å². The molecule has 0 aliphatic carbocycles. The highest BCUT2D eigenvalue weighted by atomic mass is 35.5. The van der Waals surface area contributed by atoms with E-state index in [-0.39, 0.29) is 24.9 Å². The second-order valence-corrected chi connectivity index (χ2v) is 13.0. The van der Waals surface area contributed by atoms with E-state index in [2.05, 4.69) is 5.32 Å². The Labute approximate surface area is 253 Å². The van der Waals surface area contributed by atoms with Gasteiger partial charge in [-0.2, -0.15) is 0 Å². The first kappa shape index (κ1) is 32.4. The minimum absolute atomic E-state index is 0.0902. The van der Waals surface area contributed by atoms with Crippen LogP contribution in [0.3, 0.4) is 0 Å². The number of hydrogen-bond acceptors (Lipinski definition) is 4. The molecule has 0 fully saturated rings. The number of aryl methyl sites for hydroxylation is 2. The molecule has 0 heterocycles. The standard InChI is InChI=1S/C31H37Cl2N3O4S/c1-6-23(4)34-31(38)28(18-24-14-8-7-9-15-24)35(19-25-26(32)16-11-17-27(25)33)29(37)20-36(41(5,39)40)30-21(2)12-10-13-22(30)3/h7-17,23,28H,6,18-20H2,1-5H3,(H,34,38)/t23-,28+/m0/s1. The number of hydrogen-bond donors (Lipinski definition) is 1. The summed E-state index contributed by atoms with van der Waals surface area (Å²) in [4.78, 5) is 29.4. The summed E-state index contributed by atoms with van der Waals surface area (Å²) in [7, 11) is -3.88. The van der Waals surface area contributed by atoms with Gasteiger partial charge in [-0.25, -0.2) is 8.42 Å². The molecule has 7 nitrogen and oxygen atoms in total. The van der Waals surface area contributed by atoms with Crippen LogP contribution in [0.25, 0.3) is 0 Å². The van der Waals surface area contributed by atoms with Crippen molar-refractivity contribution in [3.05, 3.63) is 99.0 Å². The largest absolute Gasteiger partial charge is 0.352 e. The lowest BCUT2D eigenvalue weighted by molar-refractivity contribution is -0.140. The van der Waals surface area contributed by atoms with Crippen molar-refractivity contribution >= 4 is 50.7 Å². The summed E-state index contributed by atoms with van der Waals surface area (Å²) in [5.74, 6) is -0.910. The van der Waals surface area contributed by atoms with Crippen molar-refractivity contribution in [1.29, 1.82) is 0 Å². The summed E-state index contributed by atoms with van der Waals surface area (Å²) in [5.41, 5.74) is 3.16. The quantitative estimate of drug-likeness (QED) is 0.273. The van der Waals surface area contributed by atoms with Gasteiger partial charge in [0, 0.05) is 34.6 Å². The van der Waals surface area contributed by atoms with Crippen LogP contribution in [0.1, 0.15) is 42.5 Å². The summed E-state index contributed by atoms with van der Waals surface area (Å²) < 4.78 is 27.3. The highest BCUT2D eigenvalue weighted by Crippen LogP contribution is 2.30. The van der Waals surface area contributed by atoms with Crippen LogP contribution in [0.15, 0.2) is 66.7 Å². The predicted molar refractivity (Wildman–Crippen MR) is 167 cm³/mol. The Kier molecular flexibility index (Phi) is 11.2. The fourth-order valence-corrected chi connectivity index (χ4v) is 6.11. The summed E-state index contributed by atoms with van der Waals surface area (Å²) in [6, 6.07) is 18.7. The molecule has 220 valence electrons. The lowest BCUT2D eigenvalue weighted by Crippen LogP contribution is -2.54. The smallest absolute Gasteiger partial charge is 0.244 e. The van der Waals surface area contributed by atoms with E-state index in [9.17, 15) is 18.0 Å². The number of nitrogens with one attached hydrogen (secondary N) is 1. The van der Waals surface area contributed by atoms with E-state index in [0.29, 0.717) is 38.8 Å². The second-order valence-electron chi connectivity index (χ2n) is 10.3. The fraction of sp³-hybridized carbons (Fsp3) is 0.355. The molecular weight excluding hydrogens is 581 g/mol. The maximum Gasteiger partial charge on any atom is 0.244 e. The van der Waals surface area contributed by atoms with Gasteiger partial charge < -0.3 is 10.2 Å². The molecule has 1 N–H and O–H groups in total. The maximum atomic E-state index is 14.3. The van der Waals surface area contributed by atoms with Crippen molar-refractivity contribution in [3.8, 4) is 0 Å². The zero-order chi connectivity index (χ0) is 30.3. The molecule has 0 saturated carbocycles. The Morgan fingerprint density at radius 2 is 1.46 bits per heavy atom. The zero-order valence-corrected chi connectivity index (χ0v) is 26.4. The molecule has 2 amide bonds. The molecule has 41 heavy (non-hydrogen) atoms. The van der Waals surface area contributed by atoms with Gasteiger partial charge in [-0.1, -0.05) is 84.7 Å². The lowest BCUT2D eigenvalue weighted by atomic mass is 10.0. The number of sulfonamides is 1. The van der Waals surface area contributed by atoms with Crippen LogP contribution in [0, 0.1) is 13.8 Å². The first-order valence-corrected chi connectivity index (χ1v) is 16.0. The Balaban J connectivity index is 2.14. The van der Waals surface area contributed by atoms with Gasteiger partial charge in [-0.15, -0.1) is 0 Å². The van der Waals surface area contributed by atoms with Gasteiger partial charge in [0.15, 0.2) is 0 Å². The van der Waals surface area contributed by atoms with Gasteiger partial charge >= 0.3 is 0 Å². The van der Waals surface area contributed by atoms with E-state index >= 15 is 0 Å². The molecular formula is C31H37Cl2N3O4S. The minimum atomic E-state index is -3.88. The molecule has 0 bridgehead atoms. The molecule has 0 aliphatic heterocycles. The van der Waals surface area contributed by atoms with Gasteiger partial charge in [0.05, 0.1) is 11.9 Å². The summed E-state index contributed by atoms with van der Waals surface area (Å²) in [6.07, 6.45) is 1.97. The minimum Gasteiger partial charge on any atom is -0.352 e. The Hall–Kier alpha value is -3.07. The fourth-order valence-electron chi connectivity index (χ4n) is 4.62.